The number of nitrogens with one attached hydrogen (secondary N) is 1. The molecule has 0 amide bonds. The Kier molecular flexibility index (Phi) is 4.70. The number of hydrogen-bond acceptors (Lipinski definition) is 2. The van der Waals surface area contributed by atoms with Crippen LogP contribution < -0.4 is 5.32 Å². The van der Waals surface area contributed by atoms with Crippen molar-refractivity contribution in [1.82, 2.24) is 5.32 Å². The van der Waals surface area contributed by atoms with Gasteiger partial charge in [-0.05, 0) is 19.0 Å². The number of alkyl halides is 3. The standard InChI is InChI=1S/C15H18F3NO/c1-2-13-12(10-19-9-5-8-15(16,17)18)11-6-3-4-7-14(11)20-13/h3-4,6-7,19H,2,5,8-10H2,1H3. The van der Waals surface area contributed by atoms with Gasteiger partial charge in [-0.15, -0.1) is 0 Å². The lowest BCUT2D eigenvalue weighted by Crippen LogP contribution is -2.18. The van der Waals surface area contributed by atoms with Crippen LogP contribution in [0.3, 0.4) is 0 Å². The largest absolute Gasteiger partial charge is 0.461 e. The van der Waals surface area contributed by atoms with Crippen molar-refractivity contribution in [3.05, 3.63) is 35.6 Å². The smallest absolute Gasteiger partial charge is 0.389 e. The van der Waals surface area contributed by atoms with Crippen molar-refractivity contribution < 1.29 is 17.6 Å². The summed E-state index contributed by atoms with van der Waals surface area (Å²) >= 11 is 0. The Hall–Kier alpha value is -1.49. The van der Waals surface area contributed by atoms with Crippen molar-refractivity contribution >= 4 is 11.0 Å². The minimum Gasteiger partial charge on any atom is -0.461 e. The summed E-state index contributed by atoms with van der Waals surface area (Å²) in [6.07, 6.45) is -3.94. The molecule has 2 rings (SSSR count). The van der Waals surface area contributed by atoms with E-state index in [1.165, 1.54) is 0 Å². The molecule has 0 saturated heterocycles. The second kappa shape index (κ2) is 6.31. The fraction of sp³-hybridized carbons (Fsp3) is 0.467. The molecule has 2 aromatic rings. The summed E-state index contributed by atoms with van der Waals surface area (Å²) < 4.78 is 41.9. The molecule has 0 bridgehead atoms. The maximum absolute atomic E-state index is 12.0. The quantitative estimate of drug-likeness (QED) is 0.794. The maximum atomic E-state index is 12.0. The number of aryl methyl sites for hydroxylation is 1. The Balaban J connectivity index is 1.95. The van der Waals surface area contributed by atoms with E-state index in [9.17, 15) is 13.2 Å². The van der Waals surface area contributed by atoms with Gasteiger partial charge in [0.05, 0.1) is 0 Å². The van der Waals surface area contributed by atoms with E-state index < -0.39 is 12.6 Å². The van der Waals surface area contributed by atoms with Gasteiger partial charge >= 0.3 is 6.18 Å². The van der Waals surface area contributed by atoms with Crippen LogP contribution in [0.4, 0.5) is 13.2 Å². The highest BCUT2D eigenvalue weighted by Gasteiger charge is 2.25. The molecule has 20 heavy (non-hydrogen) atoms. The van der Waals surface area contributed by atoms with E-state index in [2.05, 4.69) is 5.32 Å². The van der Waals surface area contributed by atoms with Crippen molar-refractivity contribution in [2.24, 2.45) is 0 Å². The molecule has 1 aromatic heterocycles. The number of hydrogen-bond donors (Lipinski definition) is 1. The molecule has 1 heterocycles. The third kappa shape index (κ3) is 3.76. The topological polar surface area (TPSA) is 25.2 Å². The summed E-state index contributed by atoms with van der Waals surface area (Å²) in [4.78, 5) is 0. The van der Waals surface area contributed by atoms with Crippen LogP contribution in [0.25, 0.3) is 11.0 Å². The Bertz CT molecular complexity index is 560. The van der Waals surface area contributed by atoms with Crippen LogP contribution in [0.5, 0.6) is 0 Å². The normalized spacial score (nSPS) is 12.2. The summed E-state index contributed by atoms with van der Waals surface area (Å²) in [5.74, 6) is 0.898. The monoisotopic (exact) mass is 285 g/mol. The Morgan fingerprint density at radius 2 is 1.95 bits per heavy atom. The van der Waals surface area contributed by atoms with E-state index in [4.69, 9.17) is 4.42 Å². The number of benzene rings is 1. The number of fused-ring (bicyclic) bond motifs is 1. The molecule has 0 fully saturated rings. The highest BCUT2D eigenvalue weighted by molar-refractivity contribution is 5.82. The SMILES string of the molecule is CCc1oc2ccccc2c1CNCCCC(F)(F)F. The number of rotatable bonds is 6. The summed E-state index contributed by atoms with van der Waals surface area (Å²) in [5, 5.41) is 4.10. The molecule has 0 saturated carbocycles. The van der Waals surface area contributed by atoms with Crippen molar-refractivity contribution in [1.29, 1.82) is 0 Å². The van der Waals surface area contributed by atoms with Gasteiger partial charge in [0.25, 0.3) is 0 Å². The molecule has 0 radical (unpaired) electrons. The van der Waals surface area contributed by atoms with Crippen molar-refractivity contribution in [2.75, 3.05) is 6.54 Å². The van der Waals surface area contributed by atoms with Gasteiger partial charge in [0, 0.05) is 30.3 Å². The summed E-state index contributed by atoms with van der Waals surface area (Å²) in [7, 11) is 0. The van der Waals surface area contributed by atoms with E-state index in [0.29, 0.717) is 13.1 Å². The van der Waals surface area contributed by atoms with Crippen LogP contribution in [-0.2, 0) is 13.0 Å². The molecule has 1 aromatic carbocycles. The molecule has 0 aliphatic rings. The summed E-state index contributed by atoms with van der Waals surface area (Å²) in [6.45, 7) is 2.89. The molecular formula is C15H18F3NO. The zero-order valence-electron chi connectivity index (χ0n) is 11.4. The fourth-order valence-corrected chi connectivity index (χ4v) is 2.26. The molecule has 5 heteroatoms. The zero-order valence-corrected chi connectivity index (χ0v) is 11.4. The minimum atomic E-state index is -4.07. The van der Waals surface area contributed by atoms with Crippen LogP contribution in [0, 0.1) is 0 Å². The molecule has 0 atom stereocenters. The maximum Gasteiger partial charge on any atom is 0.389 e. The van der Waals surface area contributed by atoms with Crippen LogP contribution in [-0.4, -0.2) is 12.7 Å². The third-order valence-electron chi connectivity index (χ3n) is 3.22. The second-order valence-corrected chi connectivity index (χ2v) is 4.75. The van der Waals surface area contributed by atoms with Crippen LogP contribution in [0.15, 0.2) is 28.7 Å². The van der Waals surface area contributed by atoms with Gasteiger partial charge in [0.2, 0.25) is 0 Å². The average Bonchev–Trinajstić information content (AvgIpc) is 2.75. The molecule has 1 N–H and O–H groups in total. The summed E-state index contributed by atoms with van der Waals surface area (Å²) in [6, 6.07) is 7.72. The van der Waals surface area contributed by atoms with Crippen LogP contribution >= 0.6 is 0 Å². The first-order valence-electron chi connectivity index (χ1n) is 6.78. The van der Waals surface area contributed by atoms with E-state index in [-0.39, 0.29) is 6.42 Å². The first-order valence-corrected chi connectivity index (χ1v) is 6.78. The highest BCUT2D eigenvalue weighted by atomic mass is 19.4. The van der Waals surface area contributed by atoms with Gasteiger partial charge in [-0.2, -0.15) is 13.2 Å². The van der Waals surface area contributed by atoms with E-state index >= 15 is 0 Å². The second-order valence-electron chi connectivity index (χ2n) is 4.75. The summed E-state index contributed by atoms with van der Waals surface area (Å²) in [5.41, 5.74) is 1.88. The molecule has 0 spiro atoms. The molecule has 2 nitrogen and oxygen atoms in total. The van der Waals surface area contributed by atoms with Crippen molar-refractivity contribution in [3.8, 4) is 0 Å². The van der Waals surface area contributed by atoms with E-state index in [0.717, 1.165) is 28.7 Å². The minimum absolute atomic E-state index is 0.0980. The van der Waals surface area contributed by atoms with Crippen molar-refractivity contribution in [2.45, 2.75) is 38.9 Å². The lowest BCUT2D eigenvalue weighted by atomic mass is 10.1. The molecule has 0 unspecified atom stereocenters. The average molecular weight is 285 g/mol. The third-order valence-corrected chi connectivity index (χ3v) is 3.22. The van der Waals surface area contributed by atoms with Gasteiger partial charge in [0.1, 0.15) is 11.3 Å². The Morgan fingerprint density at radius 3 is 2.65 bits per heavy atom. The van der Waals surface area contributed by atoms with Gasteiger partial charge in [0.15, 0.2) is 0 Å². The van der Waals surface area contributed by atoms with E-state index in [1.807, 2.05) is 31.2 Å². The number of furan rings is 1. The predicted molar refractivity (Wildman–Crippen MR) is 72.6 cm³/mol. The molecule has 0 aliphatic heterocycles. The lowest BCUT2D eigenvalue weighted by molar-refractivity contribution is -0.135. The van der Waals surface area contributed by atoms with E-state index in [1.54, 1.807) is 0 Å². The van der Waals surface area contributed by atoms with Crippen LogP contribution in [0.2, 0.25) is 0 Å². The fourth-order valence-electron chi connectivity index (χ4n) is 2.26. The Morgan fingerprint density at radius 1 is 1.20 bits per heavy atom. The van der Waals surface area contributed by atoms with Gasteiger partial charge < -0.3 is 9.73 Å². The molecule has 110 valence electrons. The van der Waals surface area contributed by atoms with Crippen LogP contribution in [0.1, 0.15) is 31.1 Å². The van der Waals surface area contributed by atoms with Gasteiger partial charge in [-0.25, -0.2) is 0 Å². The number of halogens is 3. The Labute approximate surface area is 116 Å². The zero-order chi connectivity index (χ0) is 14.6. The molecule has 0 aliphatic carbocycles. The van der Waals surface area contributed by atoms with Gasteiger partial charge in [-0.1, -0.05) is 25.1 Å². The first kappa shape index (κ1) is 14.9. The predicted octanol–water partition coefficient (Wildman–Crippen LogP) is 4.43. The van der Waals surface area contributed by atoms with Gasteiger partial charge in [-0.3, -0.25) is 0 Å². The van der Waals surface area contributed by atoms with Crippen molar-refractivity contribution in [3.63, 3.8) is 0 Å². The highest BCUT2D eigenvalue weighted by Crippen LogP contribution is 2.26. The first-order chi connectivity index (χ1) is 9.51. The number of para-hydroxylation sites is 1. The molecular weight excluding hydrogens is 267 g/mol. The lowest BCUT2D eigenvalue weighted by Gasteiger charge is -2.07.